The largest absolute Gasteiger partial charge is 0.368 e. The molecule has 0 unspecified atom stereocenters. The van der Waals surface area contributed by atoms with E-state index in [0.717, 1.165) is 6.42 Å². The van der Waals surface area contributed by atoms with Crippen LogP contribution in [0.1, 0.15) is 20.3 Å². The monoisotopic (exact) mass is 284 g/mol. The highest BCUT2D eigenvalue weighted by molar-refractivity contribution is 6.29. The van der Waals surface area contributed by atoms with E-state index in [-0.39, 0.29) is 12.1 Å². The van der Waals surface area contributed by atoms with Gasteiger partial charge in [0.25, 0.3) is 0 Å². The maximum Gasteiger partial charge on any atom is 0.223 e. The Hall–Kier alpha value is -1.11. The SMILES string of the molecule is CC1(C)OC[C@H]([C@@H]2C[C@@H]2Nc2cc(Cl)nc(N)n2)O1. The van der Waals surface area contributed by atoms with E-state index in [1.165, 1.54) is 0 Å². The van der Waals surface area contributed by atoms with Gasteiger partial charge in [-0.1, -0.05) is 11.6 Å². The van der Waals surface area contributed by atoms with Crippen LogP contribution < -0.4 is 11.1 Å². The molecule has 6 nitrogen and oxygen atoms in total. The second-order valence-electron chi connectivity index (χ2n) is 5.45. The molecule has 1 aliphatic heterocycles. The molecule has 3 N–H and O–H groups in total. The highest BCUT2D eigenvalue weighted by Gasteiger charge is 2.49. The normalized spacial score (nSPS) is 32.3. The van der Waals surface area contributed by atoms with Gasteiger partial charge in [-0.15, -0.1) is 0 Å². The molecule has 19 heavy (non-hydrogen) atoms. The molecule has 1 saturated heterocycles. The number of nitrogens with one attached hydrogen (secondary N) is 1. The van der Waals surface area contributed by atoms with Crippen LogP contribution in [0.25, 0.3) is 0 Å². The summed E-state index contributed by atoms with van der Waals surface area (Å²) < 4.78 is 11.4. The summed E-state index contributed by atoms with van der Waals surface area (Å²) >= 11 is 5.84. The van der Waals surface area contributed by atoms with Crippen LogP contribution in [0.4, 0.5) is 11.8 Å². The first-order valence-corrected chi connectivity index (χ1v) is 6.69. The third kappa shape index (κ3) is 2.91. The average Bonchev–Trinajstić information content (AvgIpc) is 2.93. The molecule has 1 aliphatic carbocycles. The van der Waals surface area contributed by atoms with E-state index in [0.29, 0.717) is 29.5 Å². The molecule has 1 saturated carbocycles. The van der Waals surface area contributed by atoms with Gasteiger partial charge < -0.3 is 20.5 Å². The highest BCUT2D eigenvalue weighted by atomic mass is 35.5. The molecule has 0 radical (unpaired) electrons. The number of hydrogen-bond donors (Lipinski definition) is 2. The third-order valence-corrected chi connectivity index (χ3v) is 3.59. The van der Waals surface area contributed by atoms with Crippen LogP contribution in [0, 0.1) is 5.92 Å². The fourth-order valence-corrected chi connectivity index (χ4v) is 2.61. The molecule has 1 aromatic heterocycles. The zero-order chi connectivity index (χ0) is 13.6. The zero-order valence-electron chi connectivity index (χ0n) is 10.9. The molecule has 0 aromatic carbocycles. The van der Waals surface area contributed by atoms with E-state index < -0.39 is 5.79 Å². The second kappa shape index (κ2) is 4.47. The molecule has 2 heterocycles. The maximum absolute atomic E-state index is 5.84. The summed E-state index contributed by atoms with van der Waals surface area (Å²) in [5.41, 5.74) is 5.56. The molecule has 0 amide bonds. The van der Waals surface area contributed by atoms with E-state index in [2.05, 4.69) is 15.3 Å². The van der Waals surface area contributed by atoms with Crippen LogP contribution >= 0.6 is 11.6 Å². The Kier molecular flexibility index (Phi) is 3.03. The fourth-order valence-electron chi connectivity index (χ4n) is 2.42. The van der Waals surface area contributed by atoms with Gasteiger partial charge >= 0.3 is 0 Å². The van der Waals surface area contributed by atoms with Gasteiger partial charge in [-0.25, -0.2) is 4.98 Å². The van der Waals surface area contributed by atoms with Crippen LogP contribution in [0.3, 0.4) is 0 Å². The molecular formula is C12H17ClN4O2. The van der Waals surface area contributed by atoms with Crippen molar-refractivity contribution in [3.63, 3.8) is 0 Å². The van der Waals surface area contributed by atoms with Crippen molar-refractivity contribution in [1.29, 1.82) is 0 Å². The first kappa shape index (κ1) is 12.9. The maximum atomic E-state index is 5.84. The molecule has 0 spiro atoms. The predicted octanol–water partition coefficient (Wildman–Crippen LogP) is 1.66. The number of rotatable bonds is 3. The van der Waals surface area contributed by atoms with E-state index in [1.807, 2.05) is 13.8 Å². The van der Waals surface area contributed by atoms with Crippen LogP contribution in [0.2, 0.25) is 5.15 Å². The van der Waals surface area contributed by atoms with E-state index in [1.54, 1.807) is 6.07 Å². The minimum atomic E-state index is -0.472. The van der Waals surface area contributed by atoms with Crippen LogP contribution in [0.5, 0.6) is 0 Å². The predicted molar refractivity (Wildman–Crippen MR) is 71.9 cm³/mol. The number of ether oxygens (including phenoxy) is 2. The standard InChI is InChI=1S/C12H17ClN4O2/c1-12(2)18-5-8(19-12)6-3-7(6)15-10-4-9(13)16-11(14)17-10/h4,6-8H,3,5H2,1-2H3,(H3,14,15,16,17)/t6-,7+,8-/m1/s1. The Morgan fingerprint density at radius 2 is 2.26 bits per heavy atom. The molecule has 2 aliphatic rings. The molecule has 3 atom stereocenters. The number of anilines is 2. The molecule has 7 heteroatoms. The minimum absolute atomic E-state index is 0.141. The molecule has 1 aromatic rings. The summed E-state index contributed by atoms with van der Waals surface area (Å²) in [5.74, 6) is 0.800. The summed E-state index contributed by atoms with van der Waals surface area (Å²) in [4.78, 5) is 7.93. The number of nitrogens with zero attached hydrogens (tertiary/aromatic N) is 2. The van der Waals surface area contributed by atoms with Gasteiger partial charge in [0, 0.05) is 18.0 Å². The third-order valence-electron chi connectivity index (χ3n) is 3.39. The Bertz CT molecular complexity index is 476. The average molecular weight is 285 g/mol. The second-order valence-corrected chi connectivity index (χ2v) is 5.84. The van der Waals surface area contributed by atoms with Crippen molar-refractivity contribution in [3.05, 3.63) is 11.2 Å². The molecule has 0 bridgehead atoms. The van der Waals surface area contributed by atoms with Gasteiger partial charge in [0.2, 0.25) is 5.95 Å². The first-order chi connectivity index (χ1) is 8.93. The van der Waals surface area contributed by atoms with E-state index in [4.69, 9.17) is 26.8 Å². The highest BCUT2D eigenvalue weighted by Crippen LogP contribution is 2.42. The van der Waals surface area contributed by atoms with Crippen molar-refractivity contribution in [2.45, 2.75) is 38.2 Å². The fraction of sp³-hybridized carbons (Fsp3) is 0.667. The number of nitrogens with two attached hydrogens (primary N) is 1. The summed E-state index contributed by atoms with van der Waals surface area (Å²) in [7, 11) is 0. The van der Waals surface area contributed by atoms with Crippen molar-refractivity contribution < 1.29 is 9.47 Å². The summed E-state index contributed by atoms with van der Waals surface area (Å²) in [5, 5.41) is 3.64. The van der Waals surface area contributed by atoms with Gasteiger partial charge in [-0.05, 0) is 20.3 Å². The lowest BCUT2D eigenvalue weighted by Crippen LogP contribution is -2.24. The van der Waals surface area contributed by atoms with Crippen LogP contribution in [-0.4, -0.2) is 34.5 Å². The Morgan fingerprint density at radius 3 is 2.89 bits per heavy atom. The topological polar surface area (TPSA) is 82.3 Å². The Morgan fingerprint density at radius 1 is 1.47 bits per heavy atom. The lowest BCUT2D eigenvalue weighted by Gasteiger charge is -2.17. The van der Waals surface area contributed by atoms with E-state index >= 15 is 0 Å². The molecular weight excluding hydrogens is 268 g/mol. The minimum Gasteiger partial charge on any atom is -0.368 e. The number of aromatic nitrogens is 2. The molecule has 2 fully saturated rings. The smallest absolute Gasteiger partial charge is 0.223 e. The Balaban J connectivity index is 1.59. The quantitative estimate of drug-likeness (QED) is 0.822. The van der Waals surface area contributed by atoms with E-state index in [9.17, 15) is 0 Å². The van der Waals surface area contributed by atoms with Gasteiger partial charge in [0.05, 0.1) is 12.7 Å². The van der Waals surface area contributed by atoms with Crippen molar-refractivity contribution in [2.24, 2.45) is 5.92 Å². The lowest BCUT2D eigenvalue weighted by atomic mass is 10.2. The van der Waals surface area contributed by atoms with Crippen molar-refractivity contribution >= 4 is 23.4 Å². The summed E-state index contributed by atoms with van der Waals surface area (Å²) in [6, 6.07) is 2.00. The summed E-state index contributed by atoms with van der Waals surface area (Å²) in [6.45, 7) is 4.51. The zero-order valence-corrected chi connectivity index (χ0v) is 11.6. The lowest BCUT2D eigenvalue weighted by molar-refractivity contribution is -0.140. The van der Waals surface area contributed by atoms with Crippen molar-refractivity contribution in [1.82, 2.24) is 9.97 Å². The van der Waals surface area contributed by atoms with Crippen LogP contribution in [-0.2, 0) is 9.47 Å². The molecule has 104 valence electrons. The van der Waals surface area contributed by atoms with Gasteiger partial charge in [-0.3, -0.25) is 0 Å². The summed E-state index contributed by atoms with van der Waals surface area (Å²) in [6.07, 6.45) is 1.17. The van der Waals surface area contributed by atoms with Crippen molar-refractivity contribution in [3.8, 4) is 0 Å². The first-order valence-electron chi connectivity index (χ1n) is 6.31. The number of halogens is 1. The van der Waals surface area contributed by atoms with Gasteiger partial charge in [0.15, 0.2) is 5.79 Å². The molecule has 3 rings (SSSR count). The van der Waals surface area contributed by atoms with Crippen LogP contribution in [0.15, 0.2) is 6.07 Å². The van der Waals surface area contributed by atoms with Crippen molar-refractivity contribution in [2.75, 3.05) is 17.7 Å². The number of nitrogen functional groups attached to an aromatic ring is 1. The van der Waals surface area contributed by atoms with Gasteiger partial charge in [0.1, 0.15) is 11.0 Å². The number of hydrogen-bond acceptors (Lipinski definition) is 6. The van der Waals surface area contributed by atoms with Gasteiger partial charge in [-0.2, -0.15) is 4.98 Å². The Labute approximate surface area is 116 Å².